The van der Waals surface area contributed by atoms with Crippen LogP contribution in [-0.4, -0.2) is 21.9 Å². The van der Waals surface area contributed by atoms with Crippen LogP contribution in [0.15, 0.2) is 29.2 Å². The Morgan fingerprint density at radius 3 is 2.56 bits per heavy atom. The first-order valence-corrected chi connectivity index (χ1v) is 4.82. The van der Waals surface area contributed by atoms with E-state index in [1.165, 1.54) is 30.1 Å². The summed E-state index contributed by atoms with van der Waals surface area (Å²) in [4.78, 5) is 14.3. The highest BCUT2D eigenvalue weighted by molar-refractivity contribution is 5.42. The van der Waals surface area contributed by atoms with Gasteiger partial charge >= 0.3 is 6.18 Å². The SMILES string of the molecule is COc1nc(C(F)(F)F)ccc1-n1ccc(=O)[nH]1. The van der Waals surface area contributed by atoms with Gasteiger partial charge in [0.1, 0.15) is 11.4 Å². The second kappa shape index (κ2) is 4.21. The first-order chi connectivity index (χ1) is 8.41. The number of nitrogens with one attached hydrogen (secondary N) is 1. The van der Waals surface area contributed by atoms with Gasteiger partial charge in [0.15, 0.2) is 0 Å². The molecule has 0 fully saturated rings. The van der Waals surface area contributed by atoms with Gasteiger partial charge in [-0.05, 0) is 12.1 Å². The fraction of sp³-hybridized carbons (Fsp3) is 0.200. The van der Waals surface area contributed by atoms with E-state index in [1.807, 2.05) is 0 Å². The largest absolute Gasteiger partial charge is 0.479 e. The predicted octanol–water partition coefficient (Wildman–Crippen LogP) is 1.59. The first-order valence-electron chi connectivity index (χ1n) is 4.82. The van der Waals surface area contributed by atoms with Crippen LogP contribution in [0.3, 0.4) is 0 Å². The van der Waals surface area contributed by atoms with Crippen LogP contribution >= 0.6 is 0 Å². The van der Waals surface area contributed by atoms with E-state index < -0.39 is 11.9 Å². The van der Waals surface area contributed by atoms with Crippen molar-refractivity contribution in [1.82, 2.24) is 14.8 Å². The molecule has 5 nitrogen and oxygen atoms in total. The second-order valence-electron chi connectivity index (χ2n) is 3.38. The third kappa shape index (κ3) is 2.22. The summed E-state index contributed by atoms with van der Waals surface area (Å²) in [7, 11) is 1.20. The summed E-state index contributed by atoms with van der Waals surface area (Å²) < 4.78 is 43.4. The zero-order valence-corrected chi connectivity index (χ0v) is 9.15. The van der Waals surface area contributed by atoms with Gasteiger partial charge < -0.3 is 4.74 Å². The molecule has 0 radical (unpaired) electrons. The van der Waals surface area contributed by atoms with Crippen LogP contribution in [0.1, 0.15) is 5.69 Å². The lowest BCUT2D eigenvalue weighted by atomic mass is 10.3. The average molecular weight is 259 g/mol. The molecule has 0 bridgehead atoms. The highest BCUT2D eigenvalue weighted by Gasteiger charge is 2.33. The van der Waals surface area contributed by atoms with Crippen LogP contribution in [-0.2, 0) is 6.18 Å². The van der Waals surface area contributed by atoms with Gasteiger partial charge in [-0.15, -0.1) is 0 Å². The molecule has 0 saturated carbocycles. The van der Waals surface area contributed by atoms with E-state index in [4.69, 9.17) is 4.74 Å². The Hall–Kier alpha value is -2.25. The lowest BCUT2D eigenvalue weighted by Crippen LogP contribution is -2.11. The fourth-order valence-corrected chi connectivity index (χ4v) is 1.40. The number of hydrogen-bond acceptors (Lipinski definition) is 3. The van der Waals surface area contributed by atoms with Gasteiger partial charge in [0, 0.05) is 12.3 Å². The Kier molecular flexibility index (Phi) is 2.85. The number of H-pyrrole nitrogens is 1. The summed E-state index contributed by atoms with van der Waals surface area (Å²) in [5.41, 5.74) is -1.22. The van der Waals surface area contributed by atoms with E-state index in [2.05, 4.69) is 10.1 Å². The number of ether oxygens (including phenoxy) is 1. The quantitative estimate of drug-likeness (QED) is 0.890. The van der Waals surface area contributed by atoms with Crippen molar-refractivity contribution in [3.05, 3.63) is 40.4 Å². The molecule has 0 aliphatic carbocycles. The topological polar surface area (TPSA) is 59.9 Å². The monoisotopic (exact) mass is 259 g/mol. The number of methoxy groups -OCH3 is 1. The number of rotatable bonds is 2. The zero-order valence-electron chi connectivity index (χ0n) is 9.15. The Bertz CT molecular complexity index is 615. The third-order valence-electron chi connectivity index (χ3n) is 2.19. The highest BCUT2D eigenvalue weighted by atomic mass is 19.4. The van der Waals surface area contributed by atoms with E-state index in [9.17, 15) is 18.0 Å². The van der Waals surface area contributed by atoms with Gasteiger partial charge in [0.2, 0.25) is 5.88 Å². The number of aromatic amines is 1. The van der Waals surface area contributed by atoms with Crippen LogP contribution in [0, 0.1) is 0 Å². The molecule has 2 aromatic rings. The summed E-state index contributed by atoms with van der Waals surface area (Å²) in [6.45, 7) is 0. The summed E-state index contributed by atoms with van der Waals surface area (Å²) >= 11 is 0. The Morgan fingerprint density at radius 1 is 1.33 bits per heavy atom. The molecule has 1 N–H and O–H groups in total. The van der Waals surface area contributed by atoms with Crippen molar-refractivity contribution in [1.29, 1.82) is 0 Å². The van der Waals surface area contributed by atoms with Crippen molar-refractivity contribution in [2.75, 3.05) is 7.11 Å². The molecule has 0 aliphatic rings. The molecule has 0 saturated heterocycles. The van der Waals surface area contributed by atoms with Crippen molar-refractivity contribution in [3.63, 3.8) is 0 Å². The number of nitrogens with zero attached hydrogens (tertiary/aromatic N) is 2. The smallest absolute Gasteiger partial charge is 0.433 e. The van der Waals surface area contributed by atoms with Gasteiger partial charge in [-0.25, -0.2) is 4.98 Å². The molecular weight excluding hydrogens is 251 g/mol. The summed E-state index contributed by atoms with van der Waals surface area (Å²) in [6.07, 6.45) is -3.18. The Morgan fingerprint density at radius 2 is 2.06 bits per heavy atom. The minimum atomic E-state index is -4.55. The molecule has 2 aromatic heterocycles. The number of hydrogen-bond donors (Lipinski definition) is 1. The van der Waals surface area contributed by atoms with Gasteiger partial charge in [-0.1, -0.05) is 0 Å². The second-order valence-corrected chi connectivity index (χ2v) is 3.38. The Labute approximate surface area is 98.8 Å². The Balaban J connectivity index is 2.53. The van der Waals surface area contributed by atoms with Gasteiger partial charge in [-0.2, -0.15) is 13.2 Å². The zero-order chi connectivity index (χ0) is 13.3. The van der Waals surface area contributed by atoms with Crippen molar-refractivity contribution in [3.8, 4) is 11.6 Å². The maximum absolute atomic E-state index is 12.5. The molecule has 0 amide bonds. The predicted molar refractivity (Wildman–Crippen MR) is 55.7 cm³/mol. The normalized spacial score (nSPS) is 11.6. The van der Waals surface area contributed by atoms with Crippen LogP contribution in [0.4, 0.5) is 13.2 Å². The summed E-state index contributed by atoms with van der Waals surface area (Å²) in [5, 5.41) is 2.39. The highest BCUT2D eigenvalue weighted by Crippen LogP contribution is 2.30. The summed E-state index contributed by atoms with van der Waals surface area (Å²) in [5.74, 6) is -0.225. The van der Waals surface area contributed by atoms with E-state index >= 15 is 0 Å². The standard InChI is InChI=1S/C10H8F3N3O2/c1-18-9-6(16-5-4-8(17)15-16)2-3-7(14-9)10(11,12)13/h2-5H,1H3,(H,15,17). The molecule has 0 aromatic carbocycles. The number of halogens is 3. The van der Waals surface area contributed by atoms with Crippen molar-refractivity contribution >= 4 is 0 Å². The molecular formula is C10H8F3N3O2. The van der Waals surface area contributed by atoms with Crippen molar-refractivity contribution < 1.29 is 17.9 Å². The number of alkyl halides is 3. The number of aromatic nitrogens is 3. The van der Waals surface area contributed by atoms with E-state index in [1.54, 1.807) is 0 Å². The lowest BCUT2D eigenvalue weighted by Gasteiger charge is -2.11. The minimum Gasteiger partial charge on any atom is -0.479 e. The van der Waals surface area contributed by atoms with Crippen LogP contribution in [0.5, 0.6) is 5.88 Å². The van der Waals surface area contributed by atoms with Crippen LogP contribution < -0.4 is 10.3 Å². The fourth-order valence-electron chi connectivity index (χ4n) is 1.40. The molecule has 18 heavy (non-hydrogen) atoms. The van der Waals surface area contributed by atoms with Gasteiger partial charge in [0.25, 0.3) is 5.56 Å². The maximum Gasteiger partial charge on any atom is 0.433 e. The molecule has 2 heterocycles. The maximum atomic E-state index is 12.5. The van der Waals surface area contributed by atoms with Crippen LogP contribution in [0.2, 0.25) is 0 Å². The molecule has 96 valence electrons. The third-order valence-corrected chi connectivity index (χ3v) is 2.19. The first kappa shape index (κ1) is 12.2. The summed E-state index contributed by atoms with van der Waals surface area (Å²) in [6, 6.07) is 3.22. The van der Waals surface area contributed by atoms with Crippen LogP contribution in [0.25, 0.3) is 5.69 Å². The van der Waals surface area contributed by atoms with Gasteiger partial charge in [0.05, 0.1) is 7.11 Å². The minimum absolute atomic E-state index is 0.215. The molecule has 0 atom stereocenters. The molecule has 0 aliphatic heterocycles. The molecule has 8 heteroatoms. The molecule has 2 rings (SSSR count). The molecule has 0 unspecified atom stereocenters. The van der Waals surface area contributed by atoms with E-state index in [-0.39, 0.29) is 17.1 Å². The average Bonchev–Trinajstić information content (AvgIpc) is 2.73. The van der Waals surface area contributed by atoms with E-state index in [0.717, 1.165) is 6.07 Å². The van der Waals surface area contributed by atoms with Crippen molar-refractivity contribution in [2.45, 2.75) is 6.18 Å². The lowest BCUT2D eigenvalue weighted by molar-refractivity contribution is -0.141. The molecule has 0 spiro atoms. The van der Waals surface area contributed by atoms with Crippen molar-refractivity contribution in [2.24, 2.45) is 0 Å². The number of pyridine rings is 1. The van der Waals surface area contributed by atoms with Gasteiger partial charge in [-0.3, -0.25) is 14.6 Å². The van der Waals surface area contributed by atoms with E-state index in [0.29, 0.717) is 0 Å².